The second-order valence-electron chi connectivity index (χ2n) is 5.77. The van der Waals surface area contributed by atoms with Crippen LogP contribution >= 0.6 is 0 Å². The van der Waals surface area contributed by atoms with Crippen molar-refractivity contribution in [3.8, 4) is 17.2 Å². The van der Waals surface area contributed by atoms with E-state index in [4.69, 9.17) is 0 Å². The van der Waals surface area contributed by atoms with E-state index in [2.05, 4.69) is 15.6 Å². The van der Waals surface area contributed by atoms with Crippen LogP contribution in [-0.4, -0.2) is 32.1 Å². The average Bonchev–Trinajstić information content (AvgIpc) is 2.89. The van der Waals surface area contributed by atoms with Crippen molar-refractivity contribution in [2.45, 2.75) is 13.8 Å². The predicted molar refractivity (Wildman–Crippen MR) is 97.9 cm³/mol. The van der Waals surface area contributed by atoms with E-state index in [9.17, 15) is 15.0 Å². The number of aromatic hydroxyl groups is 2. The van der Waals surface area contributed by atoms with Crippen molar-refractivity contribution in [2.24, 2.45) is 5.10 Å². The van der Waals surface area contributed by atoms with Crippen LogP contribution in [0.5, 0.6) is 11.5 Å². The number of aryl methyl sites for hydroxylation is 1. The fraction of sp³-hybridized carbons (Fsp3) is 0.105. The Labute approximate surface area is 150 Å². The molecule has 7 heteroatoms. The van der Waals surface area contributed by atoms with Gasteiger partial charge >= 0.3 is 0 Å². The summed E-state index contributed by atoms with van der Waals surface area (Å²) in [6.07, 6.45) is 1.53. The highest BCUT2D eigenvalue weighted by atomic mass is 16.3. The minimum absolute atomic E-state index is 0.105. The topological polar surface area (TPSA) is 99.7 Å². The number of hydrogen-bond donors (Lipinski definition) is 3. The van der Waals surface area contributed by atoms with Gasteiger partial charge in [-0.15, -0.1) is 0 Å². The third kappa shape index (κ3) is 3.56. The van der Waals surface area contributed by atoms with Crippen molar-refractivity contribution in [3.05, 3.63) is 71.0 Å². The number of para-hydroxylation sites is 1. The second kappa shape index (κ2) is 7.10. The van der Waals surface area contributed by atoms with Crippen LogP contribution in [0.2, 0.25) is 0 Å². The van der Waals surface area contributed by atoms with Gasteiger partial charge in [-0.25, -0.2) is 10.1 Å². The molecule has 0 saturated heterocycles. The van der Waals surface area contributed by atoms with Crippen molar-refractivity contribution in [1.82, 2.24) is 15.2 Å². The summed E-state index contributed by atoms with van der Waals surface area (Å²) in [6.45, 7) is 3.78. The molecule has 0 aliphatic rings. The monoisotopic (exact) mass is 350 g/mol. The molecular formula is C19H18N4O3. The molecule has 132 valence electrons. The molecule has 3 aromatic rings. The number of nitrogens with one attached hydrogen (secondary N) is 1. The summed E-state index contributed by atoms with van der Waals surface area (Å²) in [5.74, 6) is -0.942. The summed E-state index contributed by atoms with van der Waals surface area (Å²) in [4.78, 5) is 12.1. The first-order valence-corrected chi connectivity index (χ1v) is 7.94. The molecule has 3 N–H and O–H groups in total. The van der Waals surface area contributed by atoms with Gasteiger partial charge in [0.15, 0.2) is 0 Å². The second-order valence-corrected chi connectivity index (χ2v) is 5.77. The maximum atomic E-state index is 12.1. The first-order chi connectivity index (χ1) is 12.5. The van der Waals surface area contributed by atoms with E-state index in [-0.39, 0.29) is 17.1 Å². The summed E-state index contributed by atoms with van der Waals surface area (Å²) >= 11 is 0. The Morgan fingerprint density at radius 2 is 1.77 bits per heavy atom. The standard InChI is InChI=1S/C19H18N4O3/c1-12-18(13(2)23(22-12)15-6-4-3-5-7-15)11-20-21-19(26)14-8-16(24)10-17(25)9-14/h3-11,24-25H,1-2H3,(H,21,26)/b20-11-. The fourth-order valence-electron chi connectivity index (χ4n) is 2.61. The molecule has 1 heterocycles. The minimum atomic E-state index is -0.543. The quantitative estimate of drug-likeness (QED) is 0.497. The smallest absolute Gasteiger partial charge is 0.271 e. The summed E-state index contributed by atoms with van der Waals surface area (Å²) in [5.41, 5.74) is 5.88. The van der Waals surface area contributed by atoms with Crippen LogP contribution in [-0.2, 0) is 0 Å². The van der Waals surface area contributed by atoms with E-state index < -0.39 is 5.91 Å². The van der Waals surface area contributed by atoms with E-state index >= 15 is 0 Å². The van der Waals surface area contributed by atoms with E-state index in [0.717, 1.165) is 28.7 Å². The van der Waals surface area contributed by atoms with E-state index in [1.54, 1.807) is 0 Å². The number of hydrogen-bond acceptors (Lipinski definition) is 5. The van der Waals surface area contributed by atoms with Crippen LogP contribution in [0.3, 0.4) is 0 Å². The number of hydrazone groups is 1. The number of amides is 1. The molecule has 7 nitrogen and oxygen atoms in total. The van der Waals surface area contributed by atoms with Crippen LogP contribution in [0.4, 0.5) is 0 Å². The zero-order chi connectivity index (χ0) is 18.7. The molecule has 2 aromatic carbocycles. The lowest BCUT2D eigenvalue weighted by molar-refractivity contribution is 0.0954. The molecule has 0 aliphatic heterocycles. The van der Waals surface area contributed by atoms with Gasteiger partial charge in [0.25, 0.3) is 5.91 Å². The summed E-state index contributed by atoms with van der Waals surface area (Å²) in [7, 11) is 0. The molecule has 0 bridgehead atoms. The Kier molecular flexibility index (Phi) is 4.70. The Morgan fingerprint density at radius 3 is 2.42 bits per heavy atom. The van der Waals surface area contributed by atoms with Crippen molar-refractivity contribution in [2.75, 3.05) is 0 Å². The average molecular weight is 350 g/mol. The number of aromatic nitrogens is 2. The Bertz CT molecular complexity index is 958. The molecule has 0 aliphatic carbocycles. The molecule has 0 saturated carbocycles. The van der Waals surface area contributed by atoms with E-state index in [1.807, 2.05) is 48.9 Å². The van der Waals surface area contributed by atoms with Gasteiger partial charge in [-0.3, -0.25) is 4.79 Å². The third-order valence-electron chi connectivity index (χ3n) is 3.87. The van der Waals surface area contributed by atoms with Crippen molar-refractivity contribution >= 4 is 12.1 Å². The molecule has 1 aromatic heterocycles. The lowest BCUT2D eigenvalue weighted by Crippen LogP contribution is -2.17. The molecule has 0 atom stereocenters. The van der Waals surface area contributed by atoms with Crippen molar-refractivity contribution in [1.29, 1.82) is 0 Å². The zero-order valence-corrected chi connectivity index (χ0v) is 14.3. The maximum absolute atomic E-state index is 12.1. The van der Waals surface area contributed by atoms with Gasteiger partial charge in [-0.1, -0.05) is 18.2 Å². The Morgan fingerprint density at radius 1 is 1.12 bits per heavy atom. The number of carbonyl (C=O) groups excluding carboxylic acids is 1. The van der Waals surface area contributed by atoms with Crippen molar-refractivity contribution in [3.63, 3.8) is 0 Å². The summed E-state index contributed by atoms with van der Waals surface area (Å²) in [5, 5.41) is 27.4. The predicted octanol–water partition coefficient (Wildman–Crippen LogP) is 2.66. The Hall–Kier alpha value is -3.61. The molecule has 0 spiro atoms. The number of nitrogens with zero attached hydrogens (tertiary/aromatic N) is 3. The lowest BCUT2D eigenvalue weighted by atomic mass is 10.2. The third-order valence-corrected chi connectivity index (χ3v) is 3.87. The molecule has 3 rings (SSSR count). The number of phenolic OH excluding ortho intramolecular Hbond substituents is 2. The highest BCUT2D eigenvalue weighted by Crippen LogP contribution is 2.20. The highest BCUT2D eigenvalue weighted by Gasteiger charge is 2.12. The Balaban J connectivity index is 1.79. The van der Waals surface area contributed by atoms with Gasteiger partial charge in [0.05, 0.1) is 23.3 Å². The van der Waals surface area contributed by atoms with Gasteiger partial charge in [-0.2, -0.15) is 10.2 Å². The van der Waals surface area contributed by atoms with Crippen LogP contribution in [0.15, 0.2) is 53.6 Å². The van der Waals surface area contributed by atoms with Gasteiger partial charge in [0.1, 0.15) is 11.5 Å². The van der Waals surface area contributed by atoms with Crippen LogP contribution in [0, 0.1) is 13.8 Å². The van der Waals surface area contributed by atoms with Gasteiger partial charge in [0, 0.05) is 17.2 Å². The largest absolute Gasteiger partial charge is 0.508 e. The van der Waals surface area contributed by atoms with Crippen LogP contribution < -0.4 is 5.43 Å². The molecule has 1 amide bonds. The molecule has 0 fully saturated rings. The lowest BCUT2D eigenvalue weighted by Gasteiger charge is -2.04. The van der Waals surface area contributed by atoms with Crippen LogP contribution in [0.25, 0.3) is 5.69 Å². The SMILES string of the molecule is Cc1nn(-c2ccccc2)c(C)c1/C=N\NC(=O)c1cc(O)cc(O)c1. The van der Waals surface area contributed by atoms with Crippen LogP contribution in [0.1, 0.15) is 27.3 Å². The van der Waals surface area contributed by atoms with Gasteiger partial charge < -0.3 is 10.2 Å². The molecule has 0 unspecified atom stereocenters. The summed E-state index contributed by atoms with van der Waals surface area (Å²) < 4.78 is 1.81. The first-order valence-electron chi connectivity index (χ1n) is 7.94. The van der Waals surface area contributed by atoms with E-state index in [0.29, 0.717) is 0 Å². The zero-order valence-electron chi connectivity index (χ0n) is 14.3. The fourth-order valence-corrected chi connectivity index (χ4v) is 2.61. The van der Waals surface area contributed by atoms with Crippen molar-refractivity contribution < 1.29 is 15.0 Å². The maximum Gasteiger partial charge on any atom is 0.271 e. The van der Waals surface area contributed by atoms with Gasteiger partial charge in [0.2, 0.25) is 0 Å². The highest BCUT2D eigenvalue weighted by molar-refractivity contribution is 5.95. The minimum Gasteiger partial charge on any atom is -0.508 e. The number of benzene rings is 2. The molecule has 26 heavy (non-hydrogen) atoms. The van der Waals surface area contributed by atoms with Gasteiger partial charge in [-0.05, 0) is 38.1 Å². The number of phenols is 2. The van der Waals surface area contributed by atoms with E-state index in [1.165, 1.54) is 18.3 Å². The number of rotatable bonds is 4. The summed E-state index contributed by atoms with van der Waals surface area (Å²) in [6, 6.07) is 13.3. The molecule has 0 radical (unpaired) electrons. The number of carbonyl (C=O) groups is 1. The normalized spacial score (nSPS) is 11.0. The first kappa shape index (κ1) is 17.2. The molecular weight excluding hydrogens is 332 g/mol.